The molecule has 4 nitrogen and oxygen atoms in total. The highest BCUT2D eigenvalue weighted by atomic mass is 79.9. The van der Waals surface area contributed by atoms with E-state index < -0.39 is 0 Å². The standard InChI is InChI=1S/C15H20BrN3O/c16-14-6-4-13(5-7-14)12-17-18-15(20)8-11-19-9-2-1-3-10-19/h4-7,12H,1-3,8-11H2,(H,18,20)/p+1/b17-12-. The second kappa shape index (κ2) is 8.17. The van der Waals surface area contributed by atoms with Crippen LogP contribution < -0.4 is 10.3 Å². The Kier molecular flexibility index (Phi) is 6.21. The van der Waals surface area contributed by atoms with E-state index in [2.05, 4.69) is 26.5 Å². The zero-order chi connectivity index (χ0) is 14.2. The average molecular weight is 339 g/mol. The van der Waals surface area contributed by atoms with Gasteiger partial charge >= 0.3 is 0 Å². The highest BCUT2D eigenvalue weighted by molar-refractivity contribution is 9.10. The monoisotopic (exact) mass is 338 g/mol. The molecule has 0 bridgehead atoms. The summed E-state index contributed by atoms with van der Waals surface area (Å²) in [4.78, 5) is 13.2. The zero-order valence-corrected chi connectivity index (χ0v) is 13.2. The molecule has 0 spiro atoms. The number of hydrogen-bond donors (Lipinski definition) is 2. The van der Waals surface area contributed by atoms with Crippen molar-refractivity contribution in [2.75, 3.05) is 19.6 Å². The number of benzene rings is 1. The van der Waals surface area contributed by atoms with Gasteiger partial charge in [-0.3, -0.25) is 4.79 Å². The van der Waals surface area contributed by atoms with Crippen molar-refractivity contribution < 1.29 is 9.69 Å². The molecule has 1 heterocycles. The Hall–Kier alpha value is -1.20. The van der Waals surface area contributed by atoms with Gasteiger partial charge in [0.2, 0.25) is 5.91 Å². The van der Waals surface area contributed by atoms with Gasteiger partial charge in [0.25, 0.3) is 0 Å². The molecule has 0 saturated carbocycles. The fraction of sp³-hybridized carbons (Fsp3) is 0.467. The molecule has 1 fully saturated rings. The molecule has 1 aromatic carbocycles. The maximum atomic E-state index is 11.7. The summed E-state index contributed by atoms with van der Waals surface area (Å²) in [7, 11) is 0. The van der Waals surface area contributed by atoms with Crippen LogP contribution in [0.25, 0.3) is 0 Å². The summed E-state index contributed by atoms with van der Waals surface area (Å²) in [6.07, 6.45) is 6.13. The number of nitrogens with one attached hydrogen (secondary N) is 2. The minimum atomic E-state index is -0.00330. The molecule has 2 rings (SSSR count). The number of hydrazone groups is 1. The molecule has 1 amide bonds. The number of quaternary nitrogens is 1. The summed E-state index contributed by atoms with van der Waals surface area (Å²) >= 11 is 3.38. The van der Waals surface area contributed by atoms with Gasteiger partial charge in [0, 0.05) is 4.47 Å². The molecule has 0 aliphatic carbocycles. The normalized spacial score (nSPS) is 16.4. The van der Waals surface area contributed by atoms with E-state index in [4.69, 9.17) is 0 Å². The maximum Gasteiger partial charge on any atom is 0.245 e. The Morgan fingerprint density at radius 2 is 1.95 bits per heavy atom. The molecule has 20 heavy (non-hydrogen) atoms. The van der Waals surface area contributed by atoms with E-state index in [0.717, 1.165) is 16.6 Å². The Morgan fingerprint density at radius 1 is 1.25 bits per heavy atom. The van der Waals surface area contributed by atoms with Crippen LogP contribution in [0.15, 0.2) is 33.8 Å². The van der Waals surface area contributed by atoms with E-state index in [9.17, 15) is 4.79 Å². The Morgan fingerprint density at radius 3 is 2.65 bits per heavy atom. The number of amides is 1. The van der Waals surface area contributed by atoms with Gasteiger partial charge in [0.1, 0.15) is 0 Å². The molecule has 2 N–H and O–H groups in total. The number of nitrogens with zero attached hydrogens (tertiary/aromatic N) is 1. The van der Waals surface area contributed by atoms with E-state index in [0.29, 0.717) is 6.42 Å². The van der Waals surface area contributed by atoms with E-state index in [1.165, 1.54) is 32.4 Å². The molecule has 0 atom stereocenters. The van der Waals surface area contributed by atoms with Crippen LogP contribution in [-0.2, 0) is 4.79 Å². The van der Waals surface area contributed by atoms with Gasteiger partial charge in [0.15, 0.2) is 0 Å². The lowest BCUT2D eigenvalue weighted by molar-refractivity contribution is -0.904. The summed E-state index contributed by atoms with van der Waals surface area (Å²) < 4.78 is 1.03. The van der Waals surface area contributed by atoms with Crippen LogP contribution in [-0.4, -0.2) is 31.8 Å². The van der Waals surface area contributed by atoms with Crippen molar-refractivity contribution in [1.29, 1.82) is 0 Å². The number of piperidine rings is 1. The minimum Gasteiger partial charge on any atom is -0.335 e. The van der Waals surface area contributed by atoms with E-state index in [1.807, 2.05) is 24.3 Å². The van der Waals surface area contributed by atoms with E-state index in [1.54, 1.807) is 11.1 Å². The average Bonchev–Trinajstić information content (AvgIpc) is 2.48. The lowest BCUT2D eigenvalue weighted by Gasteiger charge is -2.22. The predicted molar refractivity (Wildman–Crippen MR) is 83.9 cm³/mol. The predicted octanol–water partition coefficient (Wildman–Crippen LogP) is 1.36. The summed E-state index contributed by atoms with van der Waals surface area (Å²) in [6.45, 7) is 3.32. The third-order valence-corrected chi connectivity index (χ3v) is 4.07. The van der Waals surface area contributed by atoms with Crippen LogP contribution in [0.4, 0.5) is 0 Å². The fourth-order valence-corrected chi connectivity index (χ4v) is 2.64. The third kappa shape index (κ3) is 5.43. The number of hydrogen-bond acceptors (Lipinski definition) is 2. The second-order valence-corrected chi connectivity index (χ2v) is 6.07. The summed E-state index contributed by atoms with van der Waals surface area (Å²) in [6, 6.07) is 7.78. The van der Waals surface area contributed by atoms with Gasteiger partial charge in [0.05, 0.1) is 32.3 Å². The van der Waals surface area contributed by atoms with Crippen molar-refractivity contribution in [3.8, 4) is 0 Å². The lowest BCUT2D eigenvalue weighted by Crippen LogP contribution is -3.12. The van der Waals surface area contributed by atoms with Crippen LogP contribution in [0, 0.1) is 0 Å². The van der Waals surface area contributed by atoms with Crippen molar-refractivity contribution in [3.05, 3.63) is 34.3 Å². The number of carbonyl (C=O) groups is 1. The molecule has 0 radical (unpaired) electrons. The number of rotatable bonds is 5. The van der Waals surface area contributed by atoms with Crippen LogP contribution in [0.1, 0.15) is 31.2 Å². The first-order valence-corrected chi connectivity index (χ1v) is 7.94. The third-order valence-electron chi connectivity index (χ3n) is 3.54. The summed E-state index contributed by atoms with van der Waals surface area (Å²) in [5.41, 5.74) is 3.56. The van der Waals surface area contributed by atoms with Crippen LogP contribution in [0.3, 0.4) is 0 Å². The van der Waals surface area contributed by atoms with E-state index in [-0.39, 0.29) is 5.91 Å². The number of likely N-dealkylation sites (tertiary alicyclic amines) is 1. The first-order chi connectivity index (χ1) is 9.74. The SMILES string of the molecule is O=C(CC[NH+]1CCCCC1)N/N=C\c1ccc(Br)cc1. The van der Waals surface area contributed by atoms with Crippen molar-refractivity contribution in [2.24, 2.45) is 5.10 Å². The van der Waals surface area contributed by atoms with Crippen LogP contribution in [0.5, 0.6) is 0 Å². The smallest absolute Gasteiger partial charge is 0.245 e. The molecule has 1 saturated heterocycles. The molecular formula is C15H21BrN3O+. The molecule has 1 aliphatic heterocycles. The zero-order valence-electron chi connectivity index (χ0n) is 11.6. The highest BCUT2D eigenvalue weighted by Crippen LogP contribution is 2.08. The van der Waals surface area contributed by atoms with Crippen molar-refractivity contribution in [1.82, 2.24) is 5.43 Å². The molecular weight excluding hydrogens is 318 g/mol. The van der Waals surface area contributed by atoms with Crippen molar-refractivity contribution in [3.63, 3.8) is 0 Å². The molecule has 108 valence electrons. The maximum absolute atomic E-state index is 11.7. The van der Waals surface area contributed by atoms with Crippen LogP contribution >= 0.6 is 15.9 Å². The largest absolute Gasteiger partial charge is 0.335 e. The Bertz CT molecular complexity index is 453. The molecule has 5 heteroatoms. The lowest BCUT2D eigenvalue weighted by atomic mass is 10.1. The minimum absolute atomic E-state index is 0.00330. The molecule has 0 unspecified atom stereocenters. The second-order valence-electron chi connectivity index (χ2n) is 5.16. The van der Waals surface area contributed by atoms with Crippen LogP contribution in [0.2, 0.25) is 0 Å². The van der Waals surface area contributed by atoms with Crippen molar-refractivity contribution in [2.45, 2.75) is 25.7 Å². The number of carbonyl (C=O) groups excluding carboxylic acids is 1. The van der Waals surface area contributed by atoms with Gasteiger partial charge in [-0.1, -0.05) is 28.1 Å². The topological polar surface area (TPSA) is 45.9 Å². The number of halogens is 1. The fourth-order valence-electron chi connectivity index (χ4n) is 2.38. The molecule has 1 aliphatic rings. The van der Waals surface area contributed by atoms with Gasteiger partial charge < -0.3 is 4.90 Å². The van der Waals surface area contributed by atoms with Gasteiger partial charge in [-0.15, -0.1) is 0 Å². The Labute approximate surface area is 128 Å². The van der Waals surface area contributed by atoms with E-state index >= 15 is 0 Å². The highest BCUT2D eigenvalue weighted by Gasteiger charge is 2.14. The van der Waals surface area contributed by atoms with Gasteiger partial charge in [-0.05, 0) is 37.0 Å². The molecule has 0 aromatic heterocycles. The van der Waals surface area contributed by atoms with Crippen molar-refractivity contribution >= 4 is 28.1 Å². The Balaban J connectivity index is 1.67. The molecule has 1 aromatic rings. The van der Waals surface area contributed by atoms with Gasteiger partial charge in [-0.2, -0.15) is 5.10 Å². The first-order valence-electron chi connectivity index (χ1n) is 7.15. The quantitative estimate of drug-likeness (QED) is 0.618. The van der Waals surface area contributed by atoms with Gasteiger partial charge in [-0.25, -0.2) is 5.43 Å². The summed E-state index contributed by atoms with van der Waals surface area (Å²) in [5.74, 6) is -0.00330. The first kappa shape index (κ1) is 15.2. The summed E-state index contributed by atoms with van der Waals surface area (Å²) in [5, 5.41) is 3.99.